The maximum atomic E-state index is 11.9. The van der Waals surface area contributed by atoms with Crippen LogP contribution in [0.1, 0.15) is 19.3 Å². The number of rotatable bonds is 4. The van der Waals surface area contributed by atoms with Crippen LogP contribution in [0.3, 0.4) is 0 Å². The lowest BCUT2D eigenvalue weighted by Crippen LogP contribution is -2.39. The fraction of sp³-hybridized carbons (Fsp3) is 0.667. The lowest BCUT2D eigenvalue weighted by molar-refractivity contribution is -0.133. The van der Waals surface area contributed by atoms with E-state index in [1.807, 2.05) is 17.2 Å². The molecule has 1 aromatic heterocycles. The molecule has 0 aromatic carbocycles. The minimum atomic E-state index is 0.192. The Balaban J connectivity index is 1.73. The van der Waals surface area contributed by atoms with Crippen LogP contribution in [0, 0.1) is 5.92 Å². The molecule has 1 N–H and O–H groups in total. The molecule has 1 amide bonds. The van der Waals surface area contributed by atoms with Gasteiger partial charge < -0.3 is 10.0 Å². The summed E-state index contributed by atoms with van der Waals surface area (Å²) in [5.74, 6) is 0.571. The number of hydrogen-bond donors (Lipinski definition) is 1. The van der Waals surface area contributed by atoms with E-state index in [-0.39, 0.29) is 12.5 Å². The second-order valence-electron chi connectivity index (χ2n) is 4.53. The fourth-order valence-corrected chi connectivity index (χ4v) is 2.17. The van der Waals surface area contributed by atoms with Crippen molar-refractivity contribution in [1.82, 2.24) is 14.7 Å². The molecule has 0 radical (unpaired) electrons. The summed E-state index contributed by atoms with van der Waals surface area (Å²) in [5, 5.41) is 13.1. The Labute approximate surface area is 101 Å². The lowest BCUT2D eigenvalue weighted by atomic mass is 9.98. The van der Waals surface area contributed by atoms with Crippen molar-refractivity contribution in [3.63, 3.8) is 0 Å². The van der Waals surface area contributed by atoms with Gasteiger partial charge in [0.2, 0.25) is 5.91 Å². The maximum absolute atomic E-state index is 11.9. The third-order valence-corrected chi connectivity index (χ3v) is 3.34. The topological polar surface area (TPSA) is 58.4 Å². The van der Waals surface area contributed by atoms with Crippen molar-refractivity contribution in [3.05, 3.63) is 18.5 Å². The Morgan fingerprint density at radius 2 is 2.18 bits per heavy atom. The van der Waals surface area contributed by atoms with E-state index in [1.165, 1.54) is 0 Å². The summed E-state index contributed by atoms with van der Waals surface area (Å²) in [6.45, 7) is 2.45. The number of piperidine rings is 1. The van der Waals surface area contributed by atoms with Crippen molar-refractivity contribution >= 4 is 5.91 Å². The predicted molar refractivity (Wildman–Crippen MR) is 63.2 cm³/mol. The SMILES string of the molecule is O=C(CCn1cccn1)N1CCC(CO)CC1. The number of amides is 1. The van der Waals surface area contributed by atoms with Gasteiger partial charge in [0.25, 0.3) is 0 Å². The Bertz CT molecular complexity index is 343. The molecule has 1 fully saturated rings. The molecule has 0 bridgehead atoms. The molecule has 1 aromatic rings. The lowest BCUT2D eigenvalue weighted by Gasteiger charge is -2.31. The number of hydrogen-bond acceptors (Lipinski definition) is 3. The number of nitrogens with zero attached hydrogens (tertiary/aromatic N) is 3. The summed E-state index contributed by atoms with van der Waals surface area (Å²) < 4.78 is 1.78. The van der Waals surface area contributed by atoms with Crippen LogP contribution in [-0.4, -0.2) is 45.4 Å². The molecule has 2 rings (SSSR count). The number of aromatic nitrogens is 2. The van der Waals surface area contributed by atoms with Crippen LogP contribution >= 0.6 is 0 Å². The monoisotopic (exact) mass is 237 g/mol. The van der Waals surface area contributed by atoms with Crippen LogP contribution < -0.4 is 0 Å². The van der Waals surface area contributed by atoms with E-state index in [1.54, 1.807) is 10.9 Å². The van der Waals surface area contributed by atoms with Crippen LogP contribution in [0.4, 0.5) is 0 Å². The average molecular weight is 237 g/mol. The first-order chi connectivity index (χ1) is 8.29. The van der Waals surface area contributed by atoms with Crippen LogP contribution in [0.2, 0.25) is 0 Å². The summed E-state index contributed by atoms with van der Waals surface area (Å²) in [5.41, 5.74) is 0. The third-order valence-electron chi connectivity index (χ3n) is 3.34. The third kappa shape index (κ3) is 3.30. The number of likely N-dealkylation sites (tertiary alicyclic amines) is 1. The first-order valence-corrected chi connectivity index (χ1v) is 6.15. The number of aryl methyl sites for hydroxylation is 1. The first-order valence-electron chi connectivity index (χ1n) is 6.15. The largest absolute Gasteiger partial charge is 0.396 e. The van der Waals surface area contributed by atoms with E-state index >= 15 is 0 Å². The van der Waals surface area contributed by atoms with E-state index in [2.05, 4.69) is 5.10 Å². The number of aliphatic hydroxyl groups excluding tert-OH is 1. The smallest absolute Gasteiger partial charge is 0.224 e. The molecule has 1 aliphatic heterocycles. The van der Waals surface area contributed by atoms with Crippen LogP contribution in [-0.2, 0) is 11.3 Å². The molecule has 0 saturated carbocycles. The van der Waals surface area contributed by atoms with Gasteiger partial charge in [-0.3, -0.25) is 9.48 Å². The number of carbonyl (C=O) groups excluding carboxylic acids is 1. The highest BCUT2D eigenvalue weighted by Crippen LogP contribution is 2.16. The van der Waals surface area contributed by atoms with Crippen molar-refractivity contribution < 1.29 is 9.90 Å². The second-order valence-corrected chi connectivity index (χ2v) is 4.53. The fourth-order valence-electron chi connectivity index (χ4n) is 2.17. The molecule has 5 nitrogen and oxygen atoms in total. The zero-order valence-corrected chi connectivity index (χ0v) is 9.96. The highest BCUT2D eigenvalue weighted by molar-refractivity contribution is 5.76. The molecule has 0 unspecified atom stereocenters. The summed E-state index contributed by atoms with van der Waals surface area (Å²) in [7, 11) is 0. The van der Waals surface area contributed by atoms with Gasteiger partial charge in [0.15, 0.2) is 0 Å². The Kier molecular flexibility index (Phi) is 4.14. The maximum Gasteiger partial charge on any atom is 0.224 e. The number of aliphatic hydroxyl groups is 1. The van der Waals surface area contributed by atoms with E-state index in [4.69, 9.17) is 5.11 Å². The summed E-state index contributed by atoms with van der Waals surface area (Å²) in [6, 6.07) is 1.86. The van der Waals surface area contributed by atoms with Crippen molar-refractivity contribution in [1.29, 1.82) is 0 Å². The van der Waals surface area contributed by atoms with Crippen molar-refractivity contribution in [2.75, 3.05) is 19.7 Å². The van der Waals surface area contributed by atoms with Gasteiger partial charge in [0, 0.05) is 45.1 Å². The molecular formula is C12H19N3O2. The molecule has 5 heteroatoms. The Morgan fingerprint density at radius 3 is 2.76 bits per heavy atom. The number of carbonyl (C=O) groups is 1. The molecule has 0 atom stereocenters. The Morgan fingerprint density at radius 1 is 1.41 bits per heavy atom. The molecule has 0 spiro atoms. The molecule has 1 saturated heterocycles. The van der Waals surface area contributed by atoms with Crippen molar-refractivity contribution in [3.8, 4) is 0 Å². The minimum Gasteiger partial charge on any atom is -0.396 e. The minimum absolute atomic E-state index is 0.192. The standard InChI is InChI=1S/C12H19N3O2/c16-10-11-2-7-14(8-3-11)12(17)4-9-15-6-1-5-13-15/h1,5-6,11,16H,2-4,7-10H2. The quantitative estimate of drug-likeness (QED) is 0.829. The molecule has 94 valence electrons. The van der Waals surface area contributed by atoms with Gasteiger partial charge in [0.1, 0.15) is 0 Å². The molecule has 0 aliphatic carbocycles. The van der Waals surface area contributed by atoms with Crippen LogP contribution in [0.5, 0.6) is 0 Å². The average Bonchev–Trinajstić information content (AvgIpc) is 2.89. The highest BCUT2D eigenvalue weighted by Gasteiger charge is 2.21. The van der Waals surface area contributed by atoms with Gasteiger partial charge in [-0.25, -0.2) is 0 Å². The van der Waals surface area contributed by atoms with Crippen LogP contribution in [0.15, 0.2) is 18.5 Å². The zero-order valence-electron chi connectivity index (χ0n) is 9.96. The van der Waals surface area contributed by atoms with E-state index in [0.717, 1.165) is 25.9 Å². The van der Waals surface area contributed by atoms with Crippen LogP contribution in [0.25, 0.3) is 0 Å². The van der Waals surface area contributed by atoms with Gasteiger partial charge in [-0.15, -0.1) is 0 Å². The van der Waals surface area contributed by atoms with E-state index < -0.39 is 0 Å². The zero-order chi connectivity index (χ0) is 12.1. The van der Waals surface area contributed by atoms with E-state index in [0.29, 0.717) is 18.9 Å². The summed E-state index contributed by atoms with van der Waals surface area (Å²) >= 11 is 0. The first kappa shape index (κ1) is 12.1. The van der Waals surface area contributed by atoms with Gasteiger partial charge in [-0.2, -0.15) is 5.10 Å². The summed E-state index contributed by atoms with van der Waals surface area (Å²) in [4.78, 5) is 13.8. The molecule has 17 heavy (non-hydrogen) atoms. The van der Waals surface area contributed by atoms with Gasteiger partial charge in [0.05, 0.1) is 0 Å². The van der Waals surface area contributed by atoms with Gasteiger partial charge in [-0.1, -0.05) is 0 Å². The second kappa shape index (κ2) is 5.82. The van der Waals surface area contributed by atoms with Gasteiger partial charge in [-0.05, 0) is 24.8 Å². The van der Waals surface area contributed by atoms with E-state index in [9.17, 15) is 4.79 Å². The normalized spacial score (nSPS) is 17.4. The molecule has 1 aliphatic rings. The summed E-state index contributed by atoms with van der Waals surface area (Å²) in [6.07, 6.45) is 5.93. The van der Waals surface area contributed by atoms with Crippen molar-refractivity contribution in [2.45, 2.75) is 25.8 Å². The highest BCUT2D eigenvalue weighted by atomic mass is 16.3. The van der Waals surface area contributed by atoms with Crippen molar-refractivity contribution in [2.24, 2.45) is 5.92 Å². The predicted octanol–water partition coefficient (Wildman–Crippen LogP) is 0.504. The molecule has 2 heterocycles. The van der Waals surface area contributed by atoms with Gasteiger partial charge >= 0.3 is 0 Å². The molecular weight excluding hydrogens is 218 g/mol. The Hall–Kier alpha value is -1.36.